The summed E-state index contributed by atoms with van der Waals surface area (Å²) >= 11 is 0. The van der Waals surface area contributed by atoms with E-state index >= 15 is 0 Å². The summed E-state index contributed by atoms with van der Waals surface area (Å²) in [7, 11) is 0. The Morgan fingerprint density at radius 3 is 2.62 bits per heavy atom. The minimum Gasteiger partial charge on any atom is -0.486 e. The molecule has 0 N–H and O–H groups in total. The predicted octanol–water partition coefficient (Wildman–Crippen LogP) is 1.60. The van der Waals surface area contributed by atoms with Crippen molar-refractivity contribution in [1.29, 1.82) is 0 Å². The van der Waals surface area contributed by atoms with Gasteiger partial charge in [0, 0.05) is 24.5 Å². The number of fused-ring (bicyclic) bond motifs is 2. The van der Waals surface area contributed by atoms with Crippen LogP contribution < -0.4 is 15.1 Å². The first kappa shape index (κ1) is 14.6. The summed E-state index contributed by atoms with van der Waals surface area (Å²) in [5.74, 6) is 1.74. The van der Waals surface area contributed by atoms with Gasteiger partial charge in [-0.15, -0.1) is 10.2 Å². The van der Waals surface area contributed by atoms with E-state index in [1.165, 1.54) is 0 Å². The van der Waals surface area contributed by atoms with E-state index in [9.17, 15) is 4.79 Å². The molecule has 0 fully saturated rings. The van der Waals surface area contributed by atoms with Gasteiger partial charge in [0.25, 0.3) is 5.89 Å². The van der Waals surface area contributed by atoms with E-state index in [0.717, 1.165) is 0 Å². The van der Waals surface area contributed by atoms with E-state index in [2.05, 4.69) is 20.2 Å². The van der Waals surface area contributed by atoms with Gasteiger partial charge >= 0.3 is 5.63 Å². The fraction of sp³-hybridized carbons (Fsp3) is 0.118. The van der Waals surface area contributed by atoms with Crippen LogP contribution in [-0.4, -0.2) is 37.9 Å². The lowest BCUT2D eigenvalue weighted by Gasteiger charge is -2.18. The minimum absolute atomic E-state index is 0.0869. The highest BCUT2D eigenvalue weighted by molar-refractivity contribution is 5.82. The number of hydrogen-bond acceptors (Lipinski definition) is 8. The molecule has 9 nitrogen and oxygen atoms in total. The Bertz CT molecular complexity index is 1150. The van der Waals surface area contributed by atoms with Gasteiger partial charge in [-0.1, -0.05) is 0 Å². The van der Waals surface area contributed by atoms with Crippen LogP contribution in [0.4, 0.5) is 0 Å². The molecule has 1 aliphatic rings. The average Bonchev–Trinajstić information content (AvgIpc) is 3.21. The van der Waals surface area contributed by atoms with Gasteiger partial charge < -0.3 is 13.9 Å². The van der Waals surface area contributed by atoms with Gasteiger partial charge in [-0.3, -0.25) is 4.57 Å². The Morgan fingerprint density at radius 2 is 1.88 bits per heavy atom. The molecule has 1 aromatic carbocycles. The molecular weight excluding hydrogens is 338 g/mol. The monoisotopic (exact) mass is 349 g/mol. The topological polar surface area (TPSA) is 105 Å². The van der Waals surface area contributed by atoms with Gasteiger partial charge in [-0.05, 0) is 12.1 Å². The molecule has 0 bridgehead atoms. The molecule has 0 atom stereocenters. The van der Waals surface area contributed by atoms with Gasteiger partial charge in [0.05, 0.1) is 10.9 Å². The summed E-state index contributed by atoms with van der Waals surface area (Å²) in [6, 6.07) is 6.66. The van der Waals surface area contributed by atoms with Crippen LogP contribution in [0.3, 0.4) is 0 Å². The minimum atomic E-state index is -0.526. The van der Waals surface area contributed by atoms with E-state index in [0.29, 0.717) is 47.1 Å². The Hall–Kier alpha value is -3.75. The van der Waals surface area contributed by atoms with Crippen LogP contribution in [0.15, 0.2) is 52.2 Å². The van der Waals surface area contributed by atoms with Crippen molar-refractivity contribution in [1.82, 2.24) is 24.7 Å². The van der Waals surface area contributed by atoms with Crippen LogP contribution in [0.2, 0.25) is 0 Å². The highest BCUT2D eigenvalue weighted by atomic mass is 16.6. The summed E-state index contributed by atoms with van der Waals surface area (Å²) in [6.07, 6.45) is 5.01. The van der Waals surface area contributed by atoms with Crippen LogP contribution in [0.25, 0.3) is 28.3 Å². The van der Waals surface area contributed by atoms with Crippen molar-refractivity contribution in [2.24, 2.45) is 0 Å². The van der Waals surface area contributed by atoms with E-state index in [4.69, 9.17) is 13.9 Å². The molecule has 1 aliphatic heterocycles. The molecule has 0 spiro atoms. The third-order valence-electron chi connectivity index (χ3n) is 3.93. The molecule has 0 saturated carbocycles. The third-order valence-corrected chi connectivity index (χ3v) is 3.93. The molecule has 4 heterocycles. The molecule has 0 saturated heterocycles. The van der Waals surface area contributed by atoms with Gasteiger partial charge in [-0.2, -0.15) is 0 Å². The molecule has 5 rings (SSSR count). The second-order valence-electron chi connectivity index (χ2n) is 5.57. The summed E-state index contributed by atoms with van der Waals surface area (Å²) in [5, 5.41) is 8.51. The summed E-state index contributed by atoms with van der Waals surface area (Å²) in [6.45, 7) is 0.891. The largest absolute Gasteiger partial charge is 0.486 e. The maximum Gasteiger partial charge on any atom is 0.347 e. The van der Waals surface area contributed by atoms with Crippen molar-refractivity contribution in [3.63, 3.8) is 0 Å². The highest BCUT2D eigenvalue weighted by Gasteiger charge is 2.17. The van der Waals surface area contributed by atoms with Crippen molar-refractivity contribution in [2.45, 2.75) is 0 Å². The van der Waals surface area contributed by atoms with Crippen LogP contribution in [0.1, 0.15) is 0 Å². The maximum atomic E-state index is 12.3. The number of hydrogen-bond donors (Lipinski definition) is 0. The number of imidazole rings is 1. The van der Waals surface area contributed by atoms with E-state index < -0.39 is 5.63 Å². The first-order chi connectivity index (χ1) is 12.8. The first-order valence-electron chi connectivity index (χ1n) is 7.85. The molecule has 0 amide bonds. The van der Waals surface area contributed by atoms with E-state index in [1.54, 1.807) is 47.6 Å². The molecule has 4 aromatic rings. The van der Waals surface area contributed by atoms with Crippen molar-refractivity contribution >= 4 is 10.9 Å². The Morgan fingerprint density at radius 1 is 1.04 bits per heavy atom. The smallest absolute Gasteiger partial charge is 0.347 e. The van der Waals surface area contributed by atoms with E-state index in [1.807, 2.05) is 0 Å². The molecule has 0 unspecified atom stereocenters. The van der Waals surface area contributed by atoms with Crippen molar-refractivity contribution < 1.29 is 13.9 Å². The third kappa shape index (κ3) is 2.37. The van der Waals surface area contributed by atoms with Gasteiger partial charge in [0.1, 0.15) is 25.2 Å². The van der Waals surface area contributed by atoms with Gasteiger partial charge in [0.2, 0.25) is 0 Å². The Kier molecular flexibility index (Phi) is 3.17. The Balaban J connectivity index is 1.59. The number of ether oxygens (including phenoxy) is 2. The quantitative estimate of drug-likeness (QED) is 0.537. The molecule has 0 radical (unpaired) electrons. The normalized spacial score (nSPS) is 13.1. The van der Waals surface area contributed by atoms with E-state index in [-0.39, 0.29) is 5.89 Å². The maximum absolute atomic E-state index is 12.3. The lowest BCUT2D eigenvalue weighted by atomic mass is 10.2. The lowest BCUT2D eigenvalue weighted by molar-refractivity contribution is 0.172. The fourth-order valence-corrected chi connectivity index (χ4v) is 2.69. The van der Waals surface area contributed by atoms with Gasteiger partial charge in [-0.25, -0.2) is 14.8 Å². The van der Waals surface area contributed by atoms with Crippen LogP contribution in [-0.2, 0) is 0 Å². The molecule has 9 heteroatoms. The van der Waals surface area contributed by atoms with Crippen LogP contribution in [0.5, 0.6) is 11.5 Å². The number of nitrogens with zero attached hydrogens (tertiary/aromatic N) is 5. The molecular formula is C17H11N5O4. The SMILES string of the molecule is O=c1oc(-c2ccc(-n3ccnc3)nn2)nc2cc3c(cc12)OCCO3. The summed E-state index contributed by atoms with van der Waals surface area (Å²) in [5.41, 5.74) is 0.270. The average molecular weight is 349 g/mol. The fourth-order valence-electron chi connectivity index (χ4n) is 2.69. The lowest BCUT2D eigenvalue weighted by Crippen LogP contribution is -2.16. The zero-order valence-corrected chi connectivity index (χ0v) is 13.3. The Labute approximate surface area is 145 Å². The predicted molar refractivity (Wildman–Crippen MR) is 89.4 cm³/mol. The number of rotatable bonds is 2. The standard InChI is InChI=1S/C17H11N5O4/c23-17-10-7-13-14(25-6-5-24-13)8-12(10)19-16(26-17)11-1-2-15(21-20-11)22-4-3-18-9-22/h1-4,7-9H,5-6H2. The summed E-state index contributed by atoms with van der Waals surface area (Å²) in [4.78, 5) is 20.7. The van der Waals surface area contributed by atoms with Crippen LogP contribution in [0, 0.1) is 0 Å². The molecule has 128 valence electrons. The second-order valence-corrected chi connectivity index (χ2v) is 5.57. The molecule has 3 aromatic heterocycles. The van der Waals surface area contributed by atoms with Crippen LogP contribution >= 0.6 is 0 Å². The van der Waals surface area contributed by atoms with Crippen molar-refractivity contribution in [3.05, 3.63) is 53.4 Å². The van der Waals surface area contributed by atoms with Crippen molar-refractivity contribution in [2.75, 3.05) is 13.2 Å². The molecule has 0 aliphatic carbocycles. The highest BCUT2D eigenvalue weighted by Crippen LogP contribution is 2.33. The number of benzene rings is 1. The zero-order valence-electron chi connectivity index (χ0n) is 13.3. The van der Waals surface area contributed by atoms with Crippen molar-refractivity contribution in [3.8, 4) is 28.9 Å². The first-order valence-corrected chi connectivity index (χ1v) is 7.85. The summed E-state index contributed by atoms with van der Waals surface area (Å²) < 4.78 is 18.1. The molecule has 26 heavy (non-hydrogen) atoms. The second kappa shape index (κ2) is 5.66. The van der Waals surface area contributed by atoms with Gasteiger partial charge in [0.15, 0.2) is 17.3 Å². The number of aromatic nitrogens is 5. The zero-order chi connectivity index (χ0) is 17.5.